The molecule has 0 aliphatic rings. The van der Waals surface area contributed by atoms with Crippen LogP contribution in [0.3, 0.4) is 0 Å². The van der Waals surface area contributed by atoms with Crippen LogP contribution in [-0.4, -0.2) is 23.1 Å². The van der Waals surface area contributed by atoms with Crippen LogP contribution in [0.5, 0.6) is 0 Å². The van der Waals surface area contributed by atoms with E-state index in [1.807, 2.05) is 34.6 Å². The van der Waals surface area contributed by atoms with E-state index in [9.17, 15) is 19.2 Å². The van der Waals surface area contributed by atoms with E-state index in [1.165, 1.54) is 0 Å². The molecule has 0 heterocycles. The molecule has 0 saturated carbocycles. The fourth-order valence-electron chi connectivity index (χ4n) is 2.78. The van der Waals surface area contributed by atoms with Crippen molar-refractivity contribution in [2.24, 2.45) is 11.3 Å². The minimum Gasteiger partial charge on any atom is -0.298 e. The third kappa shape index (κ3) is 5.36. The van der Waals surface area contributed by atoms with Gasteiger partial charge in [0, 0.05) is 25.7 Å². The lowest BCUT2D eigenvalue weighted by Gasteiger charge is -2.28. The second kappa shape index (κ2) is 10.5. The molecular formula is C19H32O4. The summed E-state index contributed by atoms with van der Waals surface area (Å²) in [7, 11) is 0. The van der Waals surface area contributed by atoms with Gasteiger partial charge in [0.1, 0.15) is 0 Å². The minimum absolute atomic E-state index is 0.0956. The third-order valence-corrected chi connectivity index (χ3v) is 4.05. The lowest BCUT2D eigenvalue weighted by molar-refractivity contribution is -0.155. The largest absolute Gasteiger partial charge is 0.298 e. The van der Waals surface area contributed by atoms with Gasteiger partial charge in [0.25, 0.3) is 0 Å². The maximum Gasteiger partial charge on any atom is 0.203 e. The summed E-state index contributed by atoms with van der Waals surface area (Å²) >= 11 is 0. The van der Waals surface area contributed by atoms with Crippen LogP contribution >= 0.6 is 0 Å². The Morgan fingerprint density at radius 2 is 0.957 bits per heavy atom. The zero-order valence-electron chi connectivity index (χ0n) is 15.4. The summed E-state index contributed by atoms with van der Waals surface area (Å²) in [6.45, 7) is 9.40. The topological polar surface area (TPSA) is 68.3 Å². The van der Waals surface area contributed by atoms with Gasteiger partial charge in [0.15, 0.2) is 23.1 Å². The number of Topliss-reactive ketones (excluding diaryl/α,β-unsaturated/α-hetero) is 4. The average Bonchev–Trinajstić information content (AvgIpc) is 2.46. The van der Waals surface area contributed by atoms with Crippen LogP contribution < -0.4 is 0 Å². The molecular weight excluding hydrogens is 292 g/mol. The smallest absolute Gasteiger partial charge is 0.203 e. The van der Waals surface area contributed by atoms with E-state index < -0.39 is 28.5 Å². The molecule has 0 aliphatic heterocycles. The van der Waals surface area contributed by atoms with Crippen LogP contribution in [0.15, 0.2) is 0 Å². The highest BCUT2D eigenvalue weighted by molar-refractivity contribution is 6.38. The van der Waals surface area contributed by atoms with Gasteiger partial charge in [-0.05, 0) is 31.6 Å². The molecule has 0 N–H and O–H groups in total. The molecule has 0 atom stereocenters. The van der Waals surface area contributed by atoms with Crippen molar-refractivity contribution < 1.29 is 19.2 Å². The predicted octanol–water partition coefficient (Wildman–Crippen LogP) is 4.09. The first-order valence-electron chi connectivity index (χ1n) is 8.91. The molecule has 0 unspecified atom stereocenters. The zero-order chi connectivity index (χ0) is 18.0. The first-order chi connectivity index (χ1) is 10.8. The van der Waals surface area contributed by atoms with Crippen molar-refractivity contribution in [2.75, 3.05) is 0 Å². The van der Waals surface area contributed by atoms with Crippen LogP contribution in [0.4, 0.5) is 0 Å². The quantitative estimate of drug-likeness (QED) is 0.479. The molecule has 23 heavy (non-hydrogen) atoms. The van der Waals surface area contributed by atoms with E-state index >= 15 is 0 Å². The van der Waals surface area contributed by atoms with Gasteiger partial charge in [-0.3, -0.25) is 19.2 Å². The van der Waals surface area contributed by atoms with Crippen molar-refractivity contribution in [3.05, 3.63) is 0 Å². The Bertz CT molecular complexity index is 389. The molecule has 0 bridgehead atoms. The van der Waals surface area contributed by atoms with Crippen LogP contribution in [0.1, 0.15) is 86.0 Å². The third-order valence-electron chi connectivity index (χ3n) is 4.05. The number of carbonyl (C=O) groups is 4. The van der Waals surface area contributed by atoms with E-state index in [0.29, 0.717) is 25.7 Å². The molecule has 0 aromatic carbocycles. The summed E-state index contributed by atoms with van der Waals surface area (Å²) in [4.78, 5) is 51.0. The number of ketones is 4. The van der Waals surface area contributed by atoms with Crippen molar-refractivity contribution in [3.8, 4) is 0 Å². The van der Waals surface area contributed by atoms with Gasteiger partial charge in [-0.2, -0.15) is 0 Å². The van der Waals surface area contributed by atoms with Gasteiger partial charge in [-0.1, -0.05) is 34.6 Å². The molecule has 0 radical (unpaired) electrons. The monoisotopic (exact) mass is 324 g/mol. The van der Waals surface area contributed by atoms with Crippen LogP contribution in [0.2, 0.25) is 0 Å². The van der Waals surface area contributed by atoms with Crippen LogP contribution in [0.25, 0.3) is 0 Å². The zero-order valence-corrected chi connectivity index (χ0v) is 15.4. The van der Waals surface area contributed by atoms with Gasteiger partial charge in [-0.25, -0.2) is 0 Å². The van der Waals surface area contributed by atoms with E-state index in [4.69, 9.17) is 0 Å². The highest BCUT2D eigenvalue weighted by atomic mass is 16.2. The fraction of sp³-hybridized carbons (Fsp3) is 0.789. The van der Waals surface area contributed by atoms with Gasteiger partial charge in [0.2, 0.25) is 5.41 Å². The lowest BCUT2D eigenvalue weighted by Crippen LogP contribution is -2.52. The van der Waals surface area contributed by atoms with E-state index in [0.717, 1.165) is 0 Å². The van der Waals surface area contributed by atoms with Gasteiger partial charge < -0.3 is 0 Å². The molecule has 4 heteroatoms. The number of rotatable bonds is 13. The molecule has 0 fully saturated rings. The first-order valence-corrected chi connectivity index (χ1v) is 8.91. The summed E-state index contributed by atoms with van der Waals surface area (Å²) in [5.41, 5.74) is -2.03. The molecule has 132 valence electrons. The van der Waals surface area contributed by atoms with Gasteiger partial charge in [-0.15, -0.1) is 0 Å². The Hall–Kier alpha value is -1.32. The Kier molecular flexibility index (Phi) is 9.85. The highest BCUT2D eigenvalue weighted by Crippen LogP contribution is 2.32. The highest BCUT2D eigenvalue weighted by Gasteiger charge is 2.54. The molecule has 4 nitrogen and oxygen atoms in total. The molecule has 0 spiro atoms. The van der Waals surface area contributed by atoms with Crippen LogP contribution in [-0.2, 0) is 19.2 Å². The first kappa shape index (κ1) is 21.7. The summed E-state index contributed by atoms with van der Waals surface area (Å²) in [6.07, 6.45) is 2.55. The lowest BCUT2D eigenvalue weighted by atomic mass is 9.67. The molecule has 0 rings (SSSR count). The number of carbonyl (C=O) groups excluding carboxylic acids is 4. The normalized spacial score (nSPS) is 11.6. The van der Waals surface area contributed by atoms with E-state index in [-0.39, 0.29) is 31.6 Å². The van der Waals surface area contributed by atoms with Crippen molar-refractivity contribution in [1.82, 2.24) is 0 Å². The van der Waals surface area contributed by atoms with Crippen molar-refractivity contribution in [2.45, 2.75) is 86.0 Å². The van der Waals surface area contributed by atoms with Gasteiger partial charge >= 0.3 is 0 Å². The molecule has 0 aromatic heterocycles. The second-order valence-electron chi connectivity index (χ2n) is 6.63. The van der Waals surface area contributed by atoms with Gasteiger partial charge in [0.05, 0.1) is 0 Å². The maximum atomic E-state index is 12.9. The summed E-state index contributed by atoms with van der Waals surface area (Å²) in [5, 5.41) is 0. The number of hydrogen-bond acceptors (Lipinski definition) is 4. The fourth-order valence-corrected chi connectivity index (χ4v) is 2.78. The summed E-state index contributed by atoms with van der Waals surface area (Å²) in [6, 6.07) is 0. The number of hydrogen-bond donors (Lipinski definition) is 0. The Labute approximate surface area is 140 Å². The van der Waals surface area contributed by atoms with Crippen molar-refractivity contribution >= 4 is 23.1 Å². The van der Waals surface area contributed by atoms with Crippen molar-refractivity contribution in [3.63, 3.8) is 0 Å². The summed E-state index contributed by atoms with van der Waals surface area (Å²) < 4.78 is 0. The SMILES string of the molecule is CCCC(=O)C(C(=O)CCC)(C(=O)CCC)C(=O)CCC(C)C. The predicted molar refractivity (Wildman–Crippen MR) is 91.3 cm³/mol. The van der Waals surface area contributed by atoms with Crippen molar-refractivity contribution in [1.29, 1.82) is 0 Å². The molecule has 0 amide bonds. The average molecular weight is 324 g/mol. The molecule has 0 saturated heterocycles. The van der Waals surface area contributed by atoms with Crippen LogP contribution in [0, 0.1) is 11.3 Å². The molecule has 0 aromatic rings. The second-order valence-corrected chi connectivity index (χ2v) is 6.63. The Balaban J connectivity index is 5.91. The minimum atomic E-state index is -2.03. The Morgan fingerprint density at radius 1 is 0.652 bits per heavy atom. The van der Waals surface area contributed by atoms with E-state index in [2.05, 4.69) is 0 Å². The Morgan fingerprint density at radius 3 is 1.22 bits per heavy atom. The van der Waals surface area contributed by atoms with E-state index in [1.54, 1.807) is 0 Å². The maximum absolute atomic E-state index is 12.9. The molecule has 0 aliphatic carbocycles. The summed E-state index contributed by atoms with van der Waals surface area (Å²) in [5.74, 6) is -1.69. The standard InChI is InChI=1S/C19H32O4/c1-6-9-15(20)19(16(21)10-7-2,17(22)11-8-3)18(23)13-12-14(4)5/h14H,6-13H2,1-5H3.